The quantitative estimate of drug-likeness (QED) is 0.754. The van der Waals surface area contributed by atoms with Crippen molar-refractivity contribution in [2.75, 3.05) is 59.5 Å². The number of hydrogen-bond acceptors (Lipinski definition) is 4. The Morgan fingerprint density at radius 1 is 1.25 bits per heavy atom. The van der Waals surface area contributed by atoms with Crippen LogP contribution < -0.4 is 0 Å². The fourth-order valence-corrected chi connectivity index (χ4v) is 2.30. The van der Waals surface area contributed by atoms with Crippen LogP contribution in [0.4, 0.5) is 4.79 Å². The second-order valence-corrected chi connectivity index (χ2v) is 4.87. The molecule has 1 saturated heterocycles. The summed E-state index contributed by atoms with van der Waals surface area (Å²) in [7, 11) is 1.62. The smallest absolute Gasteiger partial charge is 0.320 e. The van der Waals surface area contributed by atoms with Crippen molar-refractivity contribution in [3.63, 3.8) is 0 Å². The van der Waals surface area contributed by atoms with E-state index in [0.29, 0.717) is 39.3 Å². The number of urea groups is 1. The van der Waals surface area contributed by atoms with Gasteiger partial charge in [-0.2, -0.15) is 0 Å². The Balaban J connectivity index is 2.50. The van der Waals surface area contributed by atoms with Gasteiger partial charge >= 0.3 is 12.0 Å². The maximum atomic E-state index is 12.4. The second kappa shape index (κ2) is 8.76. The first-order chi connectivity index (χ1) is 9.58. The highest BCUT2D eigenvalue weighted by Crippen LogP contribution is 2.06. The highest BCUT2D eigenvalue weighted by atomic mass is 16.5. The summed E-state index contributed by atoms with van der Waals surface area (Å²) >= 11 is 0. The van der Waals surface area contributed by atoms with Gasteiger partial charge in [0.05, 0.1) is 13.2 Å². The lowest BCUT2D eigenvalue weighted by atomic mass is 10.4. The molecule has 0 aliphatic carbocycles. The molecule has 7 nitrogen and oxygen atoms in total. The average Bonchev–Trinajstić information content (AvgIpc) is 2.64. The van der Waals surface area contributed by atoms with Crippen LogP contribution in [0.3, 0.4) is 0 Å². The first-order valence-corrected chi connectivity index (χ1v) is 7.05. The molecular weight excluding hydrogens is 262 g/mol. The molecule has 1 fully saturated rings. The molecule has 2 amide bonds. The van der Waals surface area contributed by atoms with Crippen molar-refractivity contribution >= 4 is 12.0 Å². The summed E-state index contributed by atoms with van der Waals surface area (Å²) in [6, 6.07) is 0.0155. The zero-order valence-corrected chi connectivity index (χ0v) is 12.4. The van der Waals surface area contributed by atoms with Gasteiger partial charge in [0.1, 0.15) is 0 Å². The Morgan fingerprint density at radius 3 is 2.60 bits per heavy atom. The standard InChI is InChI=1S/C13H25N3O4/c1-3-15(9-10-20-2)13(19)16-6-4-5-14(7-8-16)11-12(17)18/h3-11H2,1-2H3,(H,17,18). The minimum atomic E-state index is -0.819. The lowest BCUT2D eigenvalue weighted by molar-refractivity contribution is -0.138. The molecule has 0 bridgehead atoms. The van der Waals surface area contributed by atoms with E-state index < -0.39 is 5.97 Å². The summed E-state index contributed by atoms with van der Waals surface area (Å²) in [6.07, 6.45) is 0.806. The second-order valence-electron chi connectivity index (χ2n) is 4.87. The molecule has 0 unspecified atom stereocenters. The van der Waals surface area contributed by atoms with Gasteiger partial charge in [-0.15, -0.1) is 0 Å². The van der Waals surface area contributed by atoms with E-state index in [4.69, 9.17) is 9.84 Å². The van der Waals surface area contributed by atoms with Crippen molar-refractivity contribution in [2.45, 2.75) is 13.3 Å². The first-order valence-electron chi connectivity index (χ1n) is 7.05. The van der Waals surface area contributed by atoms with E-state index in [-0.39, 0.29) is 12.6 Å². The van der Waals surface area contributed by atoms with Crippen LogP contribution in [-0.2, 0) is 9.53 Å². The van der Waals surface area contributed by atoms with Crippen molar-refractivity contribution < 1.29 is 19.4 Å². The molecule has 1 aliphatic heterocycles. The largest absolute Gasteiger partial charge is 0.480 e. The summed E-state index contributed by atoms with van der Waals surface area (Å²) in [5.41, 5.74) is 0. The molecule has 1 rings (SSSR count). The topological polar surface area (TPSA) is 73.3 Å². The molecule has 1 N–H and O–H groups in total. The summed E-state index contributed by atoms with van der Waals surface area (Å²) in [5.74, 6) is -0.819. The number of carboxylic acids is 1. The van der Waals surface area contributed by atoms with E-state index in [1.165, 1.54) is 0 Å². The molecule has 1 aliphatic rings. The van der Waals surface area contributed by atoms with E-state index in [9.17, 15) is 9.59 Å². The Labute approximate surface area is 120 Å². The third-order valence-corrected chi connectivity index (χ3v) is 3.44. The van der Waals surface area contributed by atoms with Crippen LogP contribution >= 0.6 is 0 Å². The summed E-state index contributed by atoms with van der Waals surface area (Å²) in [4.78, 5) is 28.5. The van der Waals surface area contributed by atoms with E-state index in [1.807, 2.05) is 11.8 Å². The maximum Gasteiger partial charge on any atom is 0.320 e. The summed E-state index contributed by atoms with van der Waals surface area (Å²) in [6.45, 7) is 6.34. The third-order valence-electron chi connectivity index (χ3n) is 3.44. The van der Waals surface area contributed by atoms with Gasteiger partial charge in [0.15, 0.2) is 0 Å². The van der Waals surface area contributed by atoms with Crippen molar-refractivity contribution in [3.05, 3.63) is 0 Å². The molecular formula is C13H25N3O4. The molecule has 0 radical (unpaired) electrons. The van der Waals surface area contributed by atoms with Gasteiger partial charge in [-0.25, -0.2) is 4.79 Å². The van der Waals surface area contributed by atoms with E-state index >= 15 is 0 Å². The summed E-state index contributed by atoms with van der Waals surface area (Å²) < 4.78 is 5.01. The van der Waals surface area contributed by atoms with E-state index in [1.54, 1.807) is 16.9 Å². The van der Waals surface area contributed by atoms with Crippen LogP contribution in [0.25, 0.3) is 0 Å². The van der Waals surface area contributed by atoms with Crippen LogP contribution in [0.1, 0.15) is 13.3 Å². The molecule has 0 spiro atoms. The van der Waals surface area contributed by atoms with Crippen LogP contribution in [0.15, 0.2) is 0 Å². The SMILES string of the molecule is CCN(CCOC)C(=O)N1CCCN(CC(=O)O)CC1. The number of likely N-dealkylation sites (N-methyl/N-ethyl adjacent to an activating group) is 1. The van der Waals surface area contributed by atoms with Gasteiger partial charge in [0.25, 0.3) is 0 Å². The van der Waals surface area contributed by atoms with Crippen LogP contribution in [-0.4, -0.2) is 91.3 Å². The normalized spacial score (nSPS) is 16.8. The van der Waals surface area contributed by atoms with E-state index in [0.717, 1.165) is 13.0 Å². The molecule has 0 atom stereocenters. The highest BCUT2D eigenvalue weighted by Gasteiger charge is 2.23. The number of carbonyl (C=O) groups excluding carboxylic acids is 1. The van der Waals surface area contributed by atoms with Gasteiger partial charge in [0.2, 0.25) is 0 Å². The summed E-state index contributed by atoms with van der Waals surface area (Å²) in [5, 5.41) is 8.81. The van der Waals surface area contributed by atoms with Gasteiger partial charge in [-0.1, -0.05) is 0 Å². The van der Waals surface area contributed by atoms with Crippen molar-refractivity contribution in [3.8, 4) is 0 Å². The lowest BCUT2D eigenvalue weighted by Gasteiger charge is -2.29. The average molecular weight is 287 g/mol. The maximum absolute atomic E-state index is 12.4. The molecule has 0 aromatic carbocycles. The zero-order chi connectivity index (χ0) is 15.0. The lowest BCUT2D eigenvalue weighted by Crippen LogP contribution is -2.46. The highest BCUT2D eigenvalue weighted by molar-refractivity contribution is 5.74. The van der Waals surface area contributed by atoms with Crippen molar-refractivity contribution in [1.29, 1.82) is 0 Å². The molecule has 0 aromatic heterocycles. The number of aliphatic carboxylic acids is 1. The molecule has 20 heavy (non-hydrogen) atoms. The minimum Gasteiger partial charge on any atom is -0.480 e. The fraction of sp³-hybridized carbons (Fsp3) is 0.846. The minimum absolute atomic E-state index is 0.0155. The molecule has 1 heterocycles. The van der Waals surface area contributed by atoms with E-state index in [2.05, 4.69) is 0 Å². The fourth-order valence-electron chi connectivity index (χ4n) is 2.30. The predicted molar refractivity (Wildman–Crippen MR) is 74.8 cm³/mol. The third kappa shape index (κ3) is 5.34. The number of nitrogens with zero attached hydrogens (tertiary/aromatic N) is 3. The number of methoxy groups -OCH3 is 1. The van der Waals surface area contributed by atoms with Crippen LogP contribution in [0.5, 0.6) is 0 Å². The number of carbonyl (C=O) groups is 2. The number of carboxylic acid groups (broad SMARTS) is 1. The molecule has 116 valence electrons. The number of rotatable bonds is 6. The van der Waals surface area contributed by atoms with Crippen molar-refractivity contribution in [2.24, 2.45) is 0 Å². The number of hydrogen-bond donors (Lipinski definition) is 1. The number of amides is 2. The Bertz CT molecular complexity index is 325. The van der Waals surface area contributed by atoms with Gasteiger partial charge in [0, 0.05) is 46.4 Å². The predicted octanol–water partition coefficient (Wildman–Crippen LogP) is 0.167. The molecule has 7 heteroatoms. The van der Waals surface area contributed by atoms with Crippen molar-refractivity contribution in [1.82, 2.24) is 14.7 Å². The number of ether oxygens (including phenoxy) is 1. The van der Waals surface area contributed by atoms with Gasteiger partial charge in [-0.3, -0.25) is 9.69 Å². The Hall–Kier alpha value is -1.34. The van der Waals surface area contributed by atoms with Crippen LogP contribution in [0.2, 0.25) is 0 Å². The Morgan fingerprint density at radius 2 is 2.00 bits per heavy atom. The zero-order valence-electron chi connectivity index (χ0n) is 12.4. The van der Waals surface area contributed by atoms with Gasteiger partial charge < -0.3 is 19.6 Å². The van der Waals surface area contributed by atoms with Crippen LogP contribution in [0, 0.1) is 0 Å². The molecule has 0 saturated carbocycles. The Kier molecular flexibility index (Phi) is 7.32. The first kappa shape index (κ1) is 16.7. The monoisotopic (exact) mass is 287 g/mol. The van der Waals surface area contributed by atoms with Gasteiger partial charge in [-0.05, 0) is 13.3 Å². The molecule has 0 aromatic rings.